The maximum atomic E-state index is 14.4. The van der Waals surface area contributed by atoms with Crippen molar-refractivity contribution in [3.8, 4) is 28.5 Å². The van der Waals surface area contributed by atoms with E-state index in [1.807, 2.05) is 0 Å². The van der Waals surface area contributed by atoms with Crippen molar-refractivity contribution in [3.63, 3.8) is 0 Å². The third-order valence-corrected chi connectivity index (χ3v) is 6.28. The van der Waals surface area contributed by atoms with Gasteiger partial charge in [-0.2, -0.15) is 17.6 Å². The van der Waals surface area contributed by atoms with Crippen LogP contribution >= 0.6 is 0 Å². The van der Waals surface area contributed by atoms with E-state index in [0.29, 0.717) is 0 Å². The number of nitrogens with two attached hydrogens (primary N) is 1. The van der Waals surface area contributed by atoms with E-state index in [-0.39, 0.29) is 59.5 Å². The molecule has 0 bridgehead atoms. The Hall–Kier alpha value is -4.01. The first kappa shape index (κ1) is 29.0. The lowest BCUT2D eigenvalue weighted by molar-refractivity contribution is -0.265. The highest BCUT2D eigenvalue weighted by atomic mass is 19.4. The molecule has 0 spiro atoms. The Morgan fingerprint density at radius 3 is 2.60 bits per heavy atom. The van der Waals surface area contributed by atoms with Gasteiger partial charge in [0.15, 0.2) is 17.2 Å². The molecule has 40 heavy (non-hydrogen) atoms. The Kier molecular flexibility index (Phi) is 7.87. The number of methoxy groups -OCH3 is 1. The number of rotatable bonds is 9. The molecule has 10 nitrogen and oxygen atoms in total. The Bertz CT molecular complexity index is 1400. The Balaban J connectivity index is 1.71. The van der Waals surface area contributed by atoms with E-state index in [0.717, 1.165) is 18.3 Å². The van der Waals surface area contributed by atoms with Crippen molar-refractivity contribution >= 4 is 5.91 Å². The van der Waals surface area contributed by atoms with Crippen molar-refractivity contribution in [2.24, 2.45) is 5.73 Å². The monoisotopic (exact) mass is 566 g/mol. The van der Waals surface area contributed by atoms with E-state index in [1.165, 1.54) is 38.3 Å². The van der Waals surface area contributed by atoms with Crippen molar-refractivity contribution in [3.05, 3.63) is 65.4 Å². The van der Waals surface area contributed by atoms with E-state index >= 15 is 0 Å². The number of benzene rings is 1. The van der Waals surface area contributed by atoms with E-state index in [9.17, 15) is 27.5 Å². The van der Waals surface area contributed by atoms with Gasteiger partial charge in [-0.05, 0) is 43.3 Å². The molecule has 1 aliphatic rings. The van der Waals surface area contributed by atoms with Crippen LogP contribution in [0.1, 0.15) is 28.5 Å². The molecule has 3 aromatic rings. The van der Waals surface area contributed by atoms with Crippen molar-refractivity contribution in [2.45, 2.75) is 24.2 Å². The Labute approximate surface area is 225 Å². The molecule has 0 aliphatic carbocycles. The smallest absolute Gasteiger partial charge is 0.424 e. The fourth-order valence-electron chi connectivity index (χ4n) is 4.06. The molecule has 1 aromatic carbocycles. The molecule has 1 aliphatic heterocycles. The Morgan fingerprint density at radius 1 is 1.23 bits per heavy atom. The summed E-state index contributed by atoms with van der Waals surface area (Å²) in [6.45, 7) is -0.180. The topological polar surface area (TPSA) is 149 Å². The van der Waals surface area contributed by atoms with Crippen LogP contribution in [-0.4, -0.2) is 65.7 Å². The molecular formula is C26H26F4N4O6. The zero-order chi connectivity index (χ0) is 29.3. The maximum Gasteiger partial charge on any atom is 0.424 e. The number of aliphatic hydroxyl groups excluding tert-OH is 1. The molecule has 2 atom stereocenters. The molecular weight excluding hydrogens is 540 g/mol. The van der Waals surface area contributed by atoms with Gasteiger partial charge in [-0.3, -0.25) is 4.79 Å². The first-order valence-corrected chi connectivity index (χ1v) is 11.9. The lowest BCUT2D eigenvalue weighted by atomic mass is 9.89. The van der Waals surface area contributed by atoms with Gasteiger partial charge in [0.25, 0.3) is 5.91 Å². The highest BCUT2D eigenvalue weighted by Crippen LogP contribution is 2.46. The number of hydrogen-bond acceptors (Lipinski definition) is 9. The predicted molar refractivity (Wildman–Crippen MR) is 132 cm³/mol. The number of ether oxygens (including phenoxy) is 3. The van der Waals surface area contributed by atoms with E-state index in [1.54, 1.807) is 0 Å². The minimum absolute atomic E-state index is 0.0445. The van der Waals surface area contributed by atoms with E-state index < -0.39 is 41.4 Å². The maximum absolute atomic E-state index is 14.4. The first-order chi connectivity index (χ1) is 18.8. The van der Waals surface area contributed by atoms with Crippen molar-refractivity contribution in [1.82, 2.24) is 15.3 Å². The summed E-state index contributed by atoms with van der Waals surface area (Å²) in [4.78, 5) is 20.4. The van der Waals surface area contributed by atoms with Crippen LogP contribution in [0.15, 0.2) is 42.6 Å². The van der Waals surface area contributed by atoms with Crippen LogP contribution in [0, 0.1) is 5.95 Å². The molecule has 2 aromatic heterocycles. The molecule has 14 heteroatoms. The summed E-state index contributed by atoms with van der Waals surface area (Å²) in [5.41, 5.74) is 0.546. The lowest BCUT2D eigenvalue weighted by Crippen LogP contribution is -2.51. The predicted octanol–water partition coefficient (Wildman–Crippen LogP) is 2.41. The minimum atomic E-state index is -5.30. The number of aliphatic hydroxyl groups is 2. The van der Waals surface area contributed by atoms with Crippen LogP contribution in [0.4, 0.5) is 17.6 Å². The fourth-order valence-corrected chi connectivity index (χ4v) is 4.06. The quantitative estimate of drug-likeness (QED) is 0.226. The highest BCUT2D eigenvalue weighted by Gasteiger charge is 2.57. The summed E-state index contributed by atoms with van der Waals surface area (Å²) in [7, 11) is 1.30. The second kappa shape index (κ2) is 10.9. The normalized spacial score (nSPS) is 17.9. The number of pyridine rings is 2. The summed E-state index contributed by atoms with van der Waals surface area (Å²) in [6.07, 6.45) is -4.24. The average Bonchev–Trinajstić information content (AvgIpc) is 3.23. The number of hydrogen-bond donors (Lipinski definition) is 4. The third kappa shape index (κ3) is 5.50. The van der Waals surface area contributed by atoms with Crippen LogP contribution in [0.3, 0.4) is 0 Å². The number of carbonyl (C=O) groups is 1. The van der Waals surface area contributed by atoms with Gasteiger partial charge in [0, 0.05) is 22.9 Å². The van der Waals surface area contributed by atoms with Gasteiger partial charge >= 0.3 is 6.18 Å². The van der Waals surface area contributed by atoms with Crippen LogP contribution in [0.25, 0.3) is 11.3 Å². The molecule has 0 saturated heterocycles. The first-order valence-electron chi connectivity index (χ1n) is 11.9. The minimum Gasteiger partial charge on any atom is -0.493 e. The van der Waals surface area contributed by atoms with Crippen molar-refractivity contribution in [2.75, 3.05) is 33.5 Å². The molecule has 3 heterocycles. The summed E-state index contributed by atoms with van der Waals surface area (Å²) in [5.74, 6) is -1.39. The van der Waals surface area contributed by atoms with E-state index in [2.05, 4.69) is 15.3 Å². The molecule has 0 radical (unpaired) electrons. The van der Waals surface area contributed by atoms with Crippen LogP contribution in [0.5, 0.6) is 17.2 Å². The summed E-state index contributed by atoms with van der Waals surface area (Å²) in [5, 5.41) is 22.1. The summed E-state index contributed by atoms with van der Waals surface area (Å²) >= 11 is 0. The zero-order valence-corrected chi connectivity index (χ0v) is 21.4. The molecule has 0 saturated carbocycles. The number of nitrogens with one attached hydrogen (secondary N) is 1. The molecule has 2 unspecified atom stereocenters. The number of fused-ring (bicyclic) bond motifs is 1. The number of nitrogens with zero attached hydrogens (tertiary/aromatic N) is 2. The number of halogens is 4. The fraction of sp³-hybridized carbons (Fsp3) is 0.346. The average molecular weight is 567 g/mol. The summed E-state index contributed by atoms with van der Waals surface area (Å²) in [6, 6.07) is 7.10. The van der Waals surface area contributed by atoms with Gasteiger partial charge in [-0.15, -0.1) is 0 Å². The van der Waals surface area contributed by atoms with Gasteiger partial charge < -0.3 is 35.5 Å². The largest absolute Gasteiger partial charge is 0.493 e. The lowest BCUT2D eigenvalue weighted by Gasteiger charge is -2.31. The van der Waals surface area contributed by atoms with Crippen molar-refractivity contribution < 1.29 is 46.8 Å². The van der Waals surface area contributed by atoms with Crippen LogP contribution in [-0.2, 0) is 11.1 Å². The standard InChI is InChI=1S/C26H26F4N4O6/c1-24(31)13-40-22-16(24)10-19(34-21(22)15-4-6-20(27)32-11-15)25(37,26(28,29)30)12-33-23(36)14-3-5-17(39-8-7-35)18(9-14)38-2/h3-6,9-11,35,37H,7-8,12-13,31H2,1-2H3,(H,33,36). The number of aromatic nitrogens is 2. The molecule has 5 N–H and O–H groups in total. The van der Waals surface area contributed by atoms with Gasteiger partial charge in [-0.1, -0.05) is 0 Å². The Morgan fingerprint density at radius 2 is 1.98 bits per heavy atom. The summed E-state index contributed by atoms with van der Waals surface area (Å²) < 4.78 is 72.8. The number of carbonyl (C=O) groups excluding carboxylic acids is 1. The second-order valence-electron chi connectivity index (χ2n) is 9.29. The van der Waals surface area contributed by atoms with Gasteiger partial charge in [0.1, 0.15) is 18.9 Å². The molecule has 1 amide bonds. The molecule has 214 valence electrons. The van der Waals surface area contributed by atoms with Gasteiger partial charge in [0.05, 0.1) is 31.5 Å². The number of amides is 1. The number of alkyl halides is 3. The van der Waals surface area contributed by atoms with Gasteiger partial charge in [-0.25, -0.2) is 9.97 Å². The highest BCUT2D eigenvalue weighted by molar-refractivity contribution is 5.95. The van der Waals surface area contributed by atoms with Crippen LogP contribution in [0.2, 0.25) is 0 Å². The second-order valence-corrected chi connectivity index (χ2v) is 9.29. The zero-order valence-electron chi connectivity index (χ0n) is 21.4. The SMILES string of the molecule is COc1cc(C(=O)NCC(O)(c2cc3c(c(-c4ccc(F)nc4)n2)OCC3(C)N)C(F)(F)F)ccc1OCCO. The third-order valence-electron chi connectivity index (χ3n) is 6.28. The van der Waals surface area contributed by atoms with Crippen LogP contribution < -0.4 is 25.3 Å². The van der Waals surface area contributed by atoms with Gasteiger partial charge in [0.2, 0.25) is 11.5 Å². The molecule has 4 rings (SSSR count). The molecule has 0 fully saturated rings. The van der Waals surface area contributed by atoms with Crippen molar-refractivity contribution in [1.29, 1.82) is 0 Å². The van der Waals surface area contributed by atoms with E-state index in [4.69, 9.17) is 25.1 Å².